The SMILES string of the molecule is C=CCNCC(=O)CC1CC2CCC1C2. The maximum Gasteiger partial charge on any atom is 0.146 e. The maximum absolute atomic E-state index is 11.7. The Morgan fingerprint density at radius 3 is 2.87 bits per heavy atom. The van der Waals surface area contributed by atoms with Crippen LogP contribution in [0.1, 0.15) is 32.1 Å². The fourth-order valence-corrected chi connectivity index (χ4v) is 3.30. The Hall–Kier alpha value is -0.630. The Morgan fingerprint density at radius 1 is 1.40 bits per heavy atom. The van der Waals surface area contributed by atoms with Crippen molar-refractivity contribution < 1.29 is 4.79 Å². The van der Waals surface area contributed by atoms with Gasteiger partial charge in [-0.05, 0) is 37.0 Å². The third-order valence-corrected chi connectivity index (χ3v) is 3.99. The molecule has 0 heterocycles. The summed E-state index contributed by atoms with van der Waals surface area (Å²) in [5.74, 6) is 2.92. The van der Waals surface area contributed by atoms with Crippen LogP contribution < -0.4 is 5.32 Å². The number of Topliss-reactive ketones (excluding diaryl/α,β-unsaturated/α-hetero) is 1. The summed E-state index contributed by atoms with van der Waals surface area (Å²) in [6.07, 6.45) is 8.12. The third kappa shape index (κ3) is 2.69. The molecule has 0 aromatic rings. The summed E-state index contributed by atoms with van der Waals surface area (Å²) in [4.78, 5) is 11.7. The van der Waals surface area contributed by atoms with Crippen LogP contribution in [-0.4, -0.2) is 18.9 Å². The first-order valence-electron chi connectivity index (χ1n) is 6.13. The zero-order valence-corrected chi connectivity index (χ0v) is 9.37. The highest BCUT2D eigenvalue weighted by Crippen LogP contribution is 2.49. The fourth-order valence-electron chi connectivity index (χ4n) is 3.30. The smallest absolute Gasteiger partial charge is 0.146 e. The number of hydrogen-bond donors (Lipinski definition) is 1. The molecule has 3 atom stereocenters. The molecule has 0 aromatic heterocycles. The van der Waals surface area contributed by atoms with Crippen molar-refractivity contribution in [3.8, 4) is 0 Å². The standard InChI is InChI=1S/C13H21NO/c1-2-5-14-9-13(15)8-12-7-10-3-4-11(12)6-10/h2,10-12,14H,1,3-9H2. The molecule has 0 radical (unpaired) electrons. The van der Waals surface area contributed by atoms with Crippen LogP contribution in [0.5, 0.6) is 0 Å². The molecular formula is C13H21NO. The second kappa shape index (κ2) is 4.93. The Kier molecular flexibility index (Phi) is 3.57. The average molecular weight is 207 g/mol. The van der Waals surface area contributed by atoms with Gasteiger partial charge in [-0.3, -0.25) is 4.79 Å². The number of rotatable bonds is 6. The van der Waals surface area contributed by atoms with E-state index >= 15 is 0 Å². The minimum absolute atomic E-state index is 0.384. The van der Waals surface area contributed by atoms with Crippen molar-refractivity contribution in [2.24, 2.45) is 17.8 Å². The van der Waals surface area contributed by atoms with Crippen LogP contribution in [0, 0.1) is 17.8 Å². The van der Waals surface area contributed by atoms with Crippen molar-refractivity contribution >= 4 is 5.78 Å². The average Bonchev–Trinajstić information content (AvgIpc) is 2.79. The lowest BCUT2D eigenvalue weighted by atomic mass is 9.85. The van der Waals surface area contributed by atoms with Crippen molar-refractivity contribution in [2.45, 2.75) is 32.1 Å². The van der Waals surface area contributed by atoms with E-state index in [1.807, 2.05) is 0 Å². The van der Waals surface area contributed by atoms with E-state index in [2.05, 4.69) is 11.9 Å². The molecule has 1 N–H and O–H groups in total. The third-order valence-electron chi connectivity index (χ3n) is 3.99. The Balaban J connectivity index is 1.68. The van der Waals surface area contributed by atoms with E-state index in [-0.39, 0.29) is 0 Å². The van der Waals surface area contributed by atoms with Gasteiger partial charge in [0.05, 0.1) is 6.54 Å². The summed E-state index contributed by atoms with van der Waals surface area (Å²) in [5, 5.41) is 3.09. The highest BCUT2D eigenvalue weighted by atomic mass is 16.1. The molecule has 2 heteroatoms. The Labute approximate surface area is 92.1 Å². The highest BCUT2D eigenvalue weighted by molar-refractivity contribution is 5.80. The van der Waals surface area contributed by atoms with E-state index in [1.165, 1.54) is 25.7 Å². The van der Waals surface area contributed by atoms with Crippen LogP contribution in [0.25, 0.3) is 0 Å². The van der Waals surface area contributed by atoms with Crippen molar-refractivity contribution in [3.05, 3.63) is 12.7 Å². The van der Waals surface area contributed by atoms with Crippen molar-refractivity contribution in [3.63, 3.8) is 0 Å². The van der Waals surface area contributed by atoms with E-state index in [1.54, 1.807) is 6.08 Å². The molecule has 2 bridgehead atoms. The summed E-state index contributed by atoms with van der Waals surface area (Å²) in [5.41, 5.74) is 0. The van der Waals surface area contributed by atoms with E-state index in [0.717, 1.165) is 24.8 Å². The van der Waals surface area contributed by atoms with E-state index in [4.69, 9.17) is 0 Å². The van der Waals surface area contributed by atoms with Crippen LogP contribution in [0.3, 0.4) is 0 Å². The van der Waals surface area contributed by atoms with Gasteiger partial charge in [0.2, 0.25) is 0 Å². The van der Waals surface area contributed by atoms with E-state index in [9.17, 15) is 4.79 Å². The minimum Gasteiger partial charge on any atom is -0.307 e. The molecule has 2 fully saturated rings. The van der Waals surface area contributed by atoms with Gasteiger partial charge in [0, 0.05) is 13.0 Å². The molecular weight excluding hydrogens is 186 g/mol. The van der Waals surface area contributed by atoms with Gasteiger partial charge < -0.3 is 5.32 Å². The van der Waals surface area contributed by atoms with Crippen LogP contribution in [0.15, 0.2) is 12.7 Å². The quantitative estimate of drug-likeness (QED) is 0.534. The molecule has 2 aliphatic rings. The molecule has 0 aromatic carbocycles. The van der Waals surface area contributed by atoms with Gasteiger partial charge in [-0.2, -0.15) is 0 Å². The lowest BCUT2D eigenvalue weighted by Gasteiger charge is -2.20. The predicted octanol–water partition coefficient (Wildman–Crippen LogP) is 2.16. The molecule has 2 aliphatic carbocycles. The predicted molar refractivity (Wildman–Crippen MR) is 61.6 cm³/mol. The molecule has 2 nitrogen and oxygen atoms in total. The number of carbonyl (C=O) groups excluding carboxylic acids is 1. The van der Waals surface area contributed by atoms with Gasteiger partial charge in [-0.15, -0.1) is 6.58 Å². The van der Waals surface area contributed by atoms with Gasteiger partial charge in [-0.1, -0.05) is 12.5 Å². The molecule has 0 saturated heterocycles. The molecule has 0 amide bonds. The molecule has 3 unspecified atom stereocenters. The van der Waals surface area contributed by atoms with Gasteiger partial charge in [0.15, 0.2) is 0 Å². The Morgan fingerprint density at radius 2 is 2.27 bits per heavy atom. The first-order chi connectivity index (χ1) is 7.29. The topological polar surface area (TPSA) is 29.1 Å². The monoisotopic (exact) mass is 207 g/mol. The normalized spacial score (nSPS) is 33.2. The number of carbonyl (C=O) groups is 1. The summed E-state index contributed by atoms with van der Waals surface area (Å²) in [6.45, 7) is 4.88. The van der Waals surface area contributed by atoms with Crippen LogP contribution in [0.2, 0.25) is 0 Å². The van der Waals surface area contributed by atoms with Crippen LogP contribution in [0.4, 0.5) is 0 Å². The van der Waals surface area contributed by atoms with E-state index < -0.39 is 0 Å². The number of fused-ring (bicyclic) bond motifs is 2. The second-order valence-electron chi connectivity index (χ2n) is 5.10. The lowest BCUT2D eigenvalue weighted by Crippen LogP contribution is -2.26. The first-order valence-corrected chi connectivity index (χ1v) is 6.13. The maximum atomic E-state index is 11.7. The summed E-state index contributed by atoms with van der Waals surface area (Å²) < 4.78 is 0. The van der Waals surface area contributed by atoms with Gasteiger partial charge >= 0.3 is 0 Å². The zero-order chi connectivity index (χ0) is 10.7. The van der Waals surface area contributed by atoms with Crippen molar-refractivity contribution in [2.75, 3.05) is 13.1 Å². The molecule has 15 heavy (non-hydrogen) atoms. The summed E-state index contributed by atoms with van der Waals surface area (Å²) in [7, 11) is 0. The fraction of sp³-hybridized carbons (Fsp3) is 0.769. The van der Waals surface area contributed by atoms with Crippen molar-refractivity contribution in [1.29, 1.82) is 0 Å². The summed E-state index contributed by atoms with van der Waals surface area (Å²) >= 11 is 0. The van der Waals surface area contributed by atoms with Gasteiger partial charge in [-0.25, -0.2) is 0 Å². The number of ketones is 1. The summed E-state index contributed by atoms with van der Waals surface area (Å²) in [6, 6.07) is 0. The zero-order valence-electron chi connectivity index (χ0n) is 9.37. The largest absolute Gasteiger partial charge is 0.307 e. The number of nitrogens with one attached hydrogen (secondary N) is 1. The first kappa shape index (κ1) is 10.9. The highest BCUT2D eigenvalue weighted by Gasteiger charge is 2.39. The van der Waals surface area contributed by atoms with Crippen molar-refractivity contribution in [1.82, 2.24) is 5.32 Å². The number of hydrogen-bond acceptors (Lipinski definition) is 2. The van der Waals surface area contributed by atoms with Crippen LogP contribution in [-0.2, 0) is 4.79 Å². The Bertz CT molecular complexity index is 249. The van der Waals surface area contributed by atoms with Gasteiger partial charge in [0.1, 0.15) is 5.78 Å². The molecule has 2 rings (SSSR count). The minimum atomic E-state index is 0.384. The van der Waals surface area contributed by atoms with E-state index in [0.29, 0.717) is 18.2 Å². The molecule has 84 valence electrons. The molecule has 0 spiro atoms. The lowest BCUT2D eigenvalue weighted by molar-refractivity contribution is -0.119. The van der Waals surface area contributed by atoms with Crippen LogP contribution >= 0.6 is 0 Å². The van der Waals surface area contributed by atoms with Gasteiger partial charge in [0.25, 0.3) is 0 Å². The molecule has 2 saturated carbocycles. The molecule has 0 aliphatic heterocycles. The second-order valence-corrected chi connectivity index (χ2v) is 5.10.